The van der Waals surface area contributed by atoms with E-state index in [1.807, 2.05) is 0 Å². The third-order valence-electron chi connectivity index (χ3n) is 4.61. The van der Waals surface area contributed by atoms with Gasteiger partial charge in [-0.3, -0.25) is 4.90 Å². The standard InChI is InChI=1S/C17H27N3O.3ClH/c18-16-5-4-15(6-9-19-10-12-21-13-11-19)14-17(16)20-7-2-1-3-8-20;;;/h4-5,14H,1-3,6-13,18H2;3*1H. The number of halogens is 3. The van der Waals surface area contributed by atoms with Crippen LogP contribution >= 0.6 is 37.2 Å². The maximum atomic E-state index is 6.19. The van der Waals surface area contributed by atoms with Crippen molar-refractivity contribution >= 4 is 48.6 Å². The molecule has 0 spiro atoms. The second kappa shape index (κ2) is 12.0. The van der Waals surface area contributed by atoms with Crippen LogP contribution in [-0.4, -0.2) is 50.8 Å². The highest BCUT2D eigenvalue weighted by molar-refractivity contribution is 5.86. The second-order valence-corrected chi connectivity index (χ2v) is 6.14. The summed E-state index contributed by atoms with van der Waals surface area (Å²) in [6.45, 7) is 7.30. The molecule has 2 aliphatic heterocycles. The van der Waals surface area contributed by atoms with Gasteiger partial charge >= 0.3 is 0 Å². The van der Waals surface area contributed by atoms with Crippen LogP contribution in [0.15, 0.2) is 18.2 Å². The zero-order valence-corrected chi connectivity index (χ0v) is 16.6. The van der Waals surface area contributed by atoms with Gasteiger partial charge in [-0.1, -0.05) is 6.07 Å². The predicted molar refractivity (Wildman–Crippen MR) is 110 cm³/mol. The third kappa shape index (κ3) is 6.49. The molecule has 140 valence electrons. The summed E-state index contributed by atoms with van der Waals surface area (Å²) in [5.74, 6) is 0. The number of anilines is 2. The van der Waals surface area contributed by atoms with Crippen molar-refractivity contribution in [2.45, 2.75) is 25.7 Å². The van der Waals surface area contributed by atoms with Gasteiger partial charge in [-0.05, 0) is 43.4 Å². The van der Waals surface area contributed by atoms with Crippen LogP contribution in [0.5, 0.6) is 0 Å². The molecule has 0 bridgehead atoms. The van der Waals surface area contributed by atoms with Crippen LogP contribution in [0, 0.1) is 0 Å². The smallest absolute Gasteiger partial charge is 0.0602 e. The summed E-state index contributed by atoms with van der Waals surface area (Å²) in [5, 5.41) is 0. The molecule has 2 saturated heterocycles. The number of rotatable bonds is 4. The number of nitrogen functional groups attached to an aromatic ring is 1. The van der Waals surface area contributed by atoms with Gasteiger partial charge in [-0.25, -0.2) is 0 Å². The van der Waals surface area contributed by atoms with Crippen LogP contribution in [0.3, 0.4) is 0 Å². The number of ether oxygens (including phenoxy) is 1. The fourth-order valence-corrected chi connectivity index (χ4v) is 3.27. The molecule has 2 aliphatic rings. The quantitative estimate of drug-likeness (QED) is 0.789. The maximum absolute atomic E-state index is 6.19. The molecule has 0 amide bonds. The minimum Gasteiger partial charge on any atom is -0.397 e. The van der Waals surface area contributed by atoms with Crippen molar-refractivity contribution in [1.82, 2.24) is 4.90 Å². The first-order valence-corrected chi connectivity index (χ1v) is 8.26. The van der Waals surface area contributed by atoms with E-state index in [4.69, 9.17) is 10.5 Å². The Balaban J connectivity index is 0.00000176. The van der Waals surface area contributed by atoms with Crippen molar-refractivity contribution < 1.29 is 4.74 Å². The van der Waals surface area contributed by atoms with Gasteiger partial charge < -0.3 is 15.4 Å². The second-order valence-electron chi connectivity index (χ2n) is 6.14. The van der Waals surface area contributed by atoms with Crippen LogP contribution in [0.2, 0.25) is 0 Å². The Morgan fingerprint density at radius 3 is 2.25 bits per heavy atom. The van der Waals surface area contributed by atoms with E-state index >= 15 is 0 Å². The van der Waals surface area contributed by atoms with Gasteiger partial charge in [-0.15, -0.1) is 37.2 Å². The number of piperidine rings is 1. The minimum atomic E-state index is 0. The molecule has 0 unspecified atom stereocenters. The molecular weight excluding hydrogens is 369 g/mol. The van der Waals surface area contributed by atoms with E-state index in [1.165, 1.54) is 30.5 Å². The van der Waals surface area contributed by atoms with Crippen molar-refractivity contribution in [3.8, 4) is 0 Å². The molecule has 7 heteroatoms. The normalized spacial score (nSPS) is 18.1. The number of hydrogen-bond acceptors (Lipinski definition) is 4. The molecule has 0 radical (unpaired) electrons. The average molecular weight is 399 g/mol. The van der Waals surface area contributed by atoms with Crippen LogP contribution in [-0.2, 0) is 11.2 Å². The van der Waals surface area contributed by atoms with E-state index in [1.54, 1.807) is 0 Å². The molecule has 4 nitrogen and oxygen atoms in total. The summed E-state index contributed by atoms with van der Waals surface area (Å²) in [5.41, 5.74) is 9.76. The Labute approximate surface area is 164 Å². The summed E-state index contributed by atoms with van der Waals surface area (Å²) in [6.07, 6.45) is 5.03. The number of hydrogen-bond donors (Lipinski definition) is 1. The number of morpholine rings is 1. The molecular formula is C17H30Cl3N3O. The first-order chi connectivity index (χ1) is 10.3. The lowest BCUT2D eigenvalue weighted by Gasteiger charge is -2.30. The van der Waals surface area contributed by atoms with Crippen molar-refractivity contribution in [3.05, 3.63) is 23.8 Å². The summed E-state index contributed by atoms with van der Waals surface area (Å²) in [7, 11) is 0. The average Bonchev–Trinajstić information content (AvgIpc) is 2.56. The molecule has 0 saturated carbocycles. The third-order valence-corrected chi connectivity index (χ3v) is 4.61. The highest BCUT2D eigenvalue weighted by Gasteiger charge is 2.15. The zero-order valence-electron chi connectivity index (χ0n) is 14.1. The van der Waals surface area contributed by atoms with E-state index in [9.17, 15) is 0 Å². The van der Waals surface area contributed by atoms with E-state index < -0.39 is 0 Å². The molecule has 1 aromatic carbocycles. The highest BCUT2D eigenvalue weighted by Crippen LogP contribution is 2.27. The molecule has 3 rings (SSSR count). The van der Waals surface area contributed by atoms with Crippen LogP contribution in [0.4, 0.5) is 11.4 Å². The zero-order chi connectivity index (χ0) is 14.5. The Hall–Kier alpha value is -0.390. The Morgan fingerprint density at radius 1 is 0.917 bits per heavy atom. The van der Waals surface area contributed by atoms with E-state index in [-0.39, 0.29) is 37.2 Å². The topological polar surface area (TPSA) is 41.7 Å². The lowest BCUT2D eigenvalue weighted by molar-refractivity contribution is 0.0384. The minimum absolute atomic E-state index is 0. The number of nitrogens with zero attached hydrogens (tertiary/aromatic N) is 2. The Bertz CT molecular complexity index is 464. The van der Waals surface area contributed by atoms with Crippen molar-refractivity contribution in [2.75, 3.05) is 56.6 Å². The van der Waals surface area contributed by atoms with Gasteiger partial charge in [-0.2, -0.15) is 0 Å². The molecule has 0 aromatic heterocycles. The SMILES string of the molecule is Cl.Cl.Cl.Nc1ccc(CCN2CCOCC2)cc1N1CCCCC1. The fraction of sp³-hybridized carbons (Fsp3) is 0.647. The van der Waals surface area contributed by atoms with Gasteiger partial charge in [0.1, 0.15) is 0 Å². The van der Waals surface area contributed by atoms with E-state index in [2.05, 4.69) is 28.0 Å². The summed E-state index contributed by atoms with van der Waals surface area (Å²) >= 11 is 0. The summed E-state index contributed by atoms with van der Waals surface area (Å²) < 4.78 is 5.40. The van der Waals surface area contributed by atoms with Crippen molar-refractivity contribution in [2.24, 2.45) is 0 Å². The lowest BCUT2D eigenvalue weighted by Crippen LogP contribution is -2.37. The molecule has 0 atom stereocenters. The van der Waals surface area contributed by atoms with Crippen molar-refractivity contribution in [1.29, 1.82) is 0 Å². The van der Waals surface area contributed by atoms with Gasteiger partial charge in [0.05, 0.1) is 24.6 Å². The largest absolute Gasteiger partial charge is 0.397 e. The molecule has 2 fully saturated rings. The maximum Gasteiger partial charge on any atom is 0.0602 e. The molecule has 0 aliphatic carbocycles. The number of nitrogens with two attached hydrogens (primary N) is 1. The van der Waals surface area contributed by atoms with Crippen LogP contribution < -0.4 is 10.6 Å². The first-order valence-electron chi connectivity index (χ1n) is 8.26. The van der Waals surface area contributed by atoms with Crippen molar-refractivity contribution in [3.63, 3.8) is 0 Å². The Morgan fingerprint density at radius 2 is 1.58 bits per heavy atom. The van der Waals surface area contributed by atoms with Gasteiger partial charge in [0.25, 0.3) is 0 Å². The summed E-state index contributed by atoms with van der Waals surface area (Å²) in [4.78, 5) is 4.94. The summed E-state index contributed by atoms with van der Waals surface area (Å²) in [6, 6.07) is 6.57. The monoisotopic (exact) mass is 397 g/mol. The molecule has 24 heavy (non-hydrogen) atoms. The van der Waals surface area contributed by atoms with E-state index in [0.717, 1.165) is 58.0 Å². The predicted octanol–water partition coefficient (Wildman–Crippen LogP) is 3.40. The van der Waals surface area contributed by atoms with Crippen LogP contribution in [0.25, 0.3) is 0 Å². The molecule has 2 N–H and O–H groups in total. The lowest BCUT2D eigenvalue weighted by atomic mass is 10.1. The first kappa shape index (κ1) is 23.6. The van der Waals surface area contributed by atoms with E-state index in [0.29, 0.717) is 0 Å². The number of benzene rings is 1. The highest BCUT2D eigenvalue weighted by atomic mass is 35.5. The Kier molecular flexibility index (Phi) is 11.8. The molecule has 1 aromatic rings. The van der Waals surface area contributed by atoms with Gasteiger partial charge in [0, 0.05) is 32.7 Å². The van der Waals surface area contributed by atoms with Crippen LogP contribution in [0.1, 0.15) is 24.8 Å². The van der Waals surface area contributed by atoms with Gasteiger partial charge in [0.2, 0.25) is 0 Å². The molecule has 2 heterocycles. The fourth-order valence-electron chi connectivity index (χ4n) is 3.27. The van der Waals surface area contributed by atoms with Gasteiger partial charge in [0.15, 0.2) is 0 Å².